The zero-order chi connectivity index (χ0) is 14.2. The second-order valence-corrected chi connectivity index (χ2v) is 6.16. The van der Waals surface area contributed by atoms with Crippen LogP contribution in [0.3, 0.4) is 0 Å². The van der Waals surface area contributed by atoms with E-state index in [1.807, 2.05) is 18.2 Å². The third-order valence-electron chi connectivity index (χ3n) is 4.62. The number of aliphatic hydroxyl groups is 1. The molecule has 2 N–H and O–H groups in total. The average molecular weight is 274 g/mol. The highest BCUT2D eigenvalue weighted by Crippen LogP contribution is 2.45. The molecule has 1 heterocycles. The lowest BCUT2D eigenvalue weighted by Gasteiger charge is -2.37. The van der Waals surface area contributed by atoms with Gasteiger partial charge in [0.2, 0.25) is 0 Å². The van der Waals surface area contributed by atoms with Crippen molar-refractivity contribution >= 4 is 5.91 Å². The van der Waals surface area contributed by atoms with Gasteiger partial charge >= 0.3 is 0 Å². The van der Waals surface area contributed by atoms with Crippen LogP contribution in [-0.4, -0.2) is 41.7 Å². The van der Waals surface area contributed by atoms with Crippen molar-refractivity contribution in [3.63, 3.8) is 0 Å². The van der Waals surface area contributed by atoms with Gasteiger partial charge in [0.25, 0.3) is 5.91 Å². The number of nitrogens with one attached hydrogen (secondary N) is 1. The number of likely N-dealkylation sites (N-methyl/N-ethyl adjacent to an activating group) is 1. The van der Waals surface area contributed by atoms with Crippen LogP contribution in [0, 0.1) is 0 Å². The molecule has 0 spiro atoms. The van der Waals surface area contributed by atoms with Crippen LogP contribution in [-0.2, 0) is 10.3 Å². The first-order chi connectivity index (χ1) is 9.56. The summed E-state index contributed by atoms with van der Waals surface area (Å²) in [5, 5.41) is 14.0. The minimum Gasteiger partial charge on any atom is -0.379 e. The van der Waals surface area contributed by atoms with Crippen LogP contribution >= 0.6 is 0 Å². The molecule has 1 atom stereocenters. The quantitative estimate of drug-likeness (QED) is 0.869. The summed E-state index contributed by atoms with van der Waals surface area (Å²) in [5.41, 5.74) is -0.0230. The summed E-state index contributed by atoms with van der Waals surface area (Å²) in [5.74, 6) is -0.153. The smallest absolute Gasteiger partial charge is 0.255 e. The van der Waals surface area contributed by atoms with Gasteiger partial charge in [-0.25, -0.2) is 0 Å². The van der Waals surface area contributed by atoms with E-state index in [0.717, 1.165) is 25.8 Å². The van der Waals surface area contributed by atoms with Crippen molar-refractivity contribution in [3.8, 4) is 0 Å². The second-order valence-electron chi connectivity index (χ2n) is 6.16. The van der Waals surface area contributed by atoms with E-state index in [-0.39, 0.29) is 11.4 Å². The molecular formula is C16H22N2O2. The fourth-order valence-electron chi connectivity index (χ4n) is 3.10. The summed E-state index contributed by atoms with van der Waals surface area (Å²) in [4.78, 5) is 13.8. The number of rotatable bonds is 4. The zero-order valence-electron chi connectivity index (χ0n) is 11.9. The Bertz CT molecular complexity index is 498. The molecule has 0 aromatic heterocycles. The number of hydrogen-bond acceptors (Lipinski definition) is 3. The molecule has 1 aliphatic heterocycles. The topological polar surface area (TPSA) is 52.6 Å². The zero-order valence-corrected chi connectivity index (χ0v) is 11.9. The van der Waals surface area contributed by atoms with Crippen LogP contribution in [0.5, 0.6) is 0 Å². The van der Waals surface area contributed by atoms with Gasteiger partial charge in [-0.3, -0.25) is 4.79 Å². The van der Waals surface area contributed by atoms with E-state index < -0.39 is 5.60 Å². The van der Waals surface area contributed by atoms with Gasteiger partial charge in [-0.05, 0) is 31.2 Å². The van der Waals surface area contributed by atoms with E-state index >= 15 is 0 Å². The summed E-state index contributed by atoms with van der Waals surface area (Å²) in [6.07, 6.45) is 3.54. The van der Waals surface area contributed by atoms with Crippen molar-refractivity contribution in [3.05, 3.63) is 35.9 Å². The molecule has 3 rings (SSSR count). The van der Waals surface area contributed by atoms with E-state index in [4.69, 9.17) is 0 Å². The number of hydrogen-bond donors (Lipinski definition) is 2. The minimum absolute atomic E-state index is 0.0344. The third-order valence-corrected chi connectivity index (χ3v) is 4.62. The van der Waals surface area contributed by atoms with E-state index in [1.165, 1.54) is 5.56 Å². The molecule has 2 aliphatic rings. The van der Waals surface area contributed by atoms with Crippen molar-refractivity contribution in [1.82, 2.24) is 10.2 Å². The number of amides is 1. The molecule has 1 amide bonds. The van der Waals surface area contributed by atoms with E-state index in [0.29, 0.717) is 13.0 Å². The predicted molar refractivity (Wildman–Crippen MR) is 77.2 cm³/mol. The van der Waals surface area contributed by atoms with Gasteiger partial charge in [-0.15, -0.1) is 0 Å². The molecule has 20 heavy (non-hydrogen) atoms. The first-order valence-electron chi connectivity index (χ1n) is 7.34. The average Bonchev–Trinajstić information content (AvgIpc) is 3.25. The Labute approximate surface area is 119 Å². The Kier molecular flexibility index (Phi) is 3.30. The molecule has 108 valence electrons. The molecule has 4 nitrogen and oxygen atoms in total. The normalized spacial score (nSPS) is 28.5. The maximum Gasteiger partial charge on any atom is 0.255 e. The van der Waals surface area contributed by atoms with Crippen molar-refractivity contribution in [2.24, 2.45) is 0 Å². The molecule has 2 fully saturated rings. The fraction of sp³-hybridized carbons (Fsp3) is 0.562. The molecule has 1 aromatic carbocycles. The van der Waals surface area contributed by atoms with E-state index in [1.54, 1.807) is 11.9 Å². The van der Waals surface area contributed by atoms with Crippen LogP contribution in [0.2, 0.25) is 0 Å². The monoisotopic (exact) mass is 274 g/mol. The van der Waals surface area contributed by atoms with Gasteiger partial charge in [0.15, 0.2) is 5.60 Å². The Morgan fingerprint density at radius 3 is 2.60 bits per heavy atom. The highest BCUT2D eigenvalue weighted by Gasteiger charge is 2.48. The van der Waals surface area contributed by atoms with Crippen molar-refractivity contribution in [2.45, 2.75) is 36.8 Å². The van der Waals surface area contributed by atoms with E-state index in [9.17, 15) is 9.90 Å². The molecule has 0 unspecified atom stereocenters. The molecule has 0 radical (unpaired) electrons. The van der Waals surface area contributed by atoms with Crippen molar-refractivity contribution in [1.29, 1.82) is 0 Å². The maximum atomic E-state index is 12.2. The van der Waals surface area contributed by atoms with Crippen LogP contribution in [0.1, 0.15) is 31.2 Å². The minimum atomic E-state index is -1.24. The molecule has 1 saturated heterocycles. The van der Waals surface area contributed by atoms with Crippen LogP contribution in [0.4, 0.5) is 0 Å². The van der Waals surface area contributed by atoms with Crippen LogP contribution in [0.15, 0.2) is 30.3 Å². The molecule has 1 saturated carbocycles. The lowest BCUT2D eigenvalue weighted by molar-refractivity contribution is -0.155. The highest BCUT2D eigenvalue weighted by atomic mass is 16.3. The van der Waals surface area contributed by atoms with Gasteiger partial charge in [0.1, 0.15) is 0 Å². The standard InChI is InChI=1S/C16H22N2O2/c1-18-11-5-8-16(20,14(18)19)12-17-15(9-10-15)13-6-3-2-4-7-13/h2-4,6-7,17,20H,5,8-12H2,1H3/t16-/m0/s1. The summed E-state index contributed by atoms with van der Waals surface area (Å²) in [7, 11) is 1.76. The Hall–Kier alpha value is -1.39. The van der Waals surface area contributed by atoms with Crippen molar-refractivity contribution < 1.29 is 9.90 Å². The number of carbonyl (C=O) groups excluding carboxylic acids is 1. The third kappa shape index (κ3) is 2.34. The van der Waals surface area contributed by atoms with Gasteiger partial charge in [0.05, 0.1) is 0 Å². The number of nitrogens with zero attached hydrogens (tertiary/aromatic N) is 1. The molecule has 4 heteroatoms. The summed E-state index contributed by atoms with van der Waals surface area (Å²) in [6, 6.07) is 10.3. The largest absolute Gasteiger partial charge is 0.379 e. The lowest BCUT2D eigenvalue weighted by atomic mass is 9.91. The predicted octanol–water partition coefficient (Wildman–Crippen LogP) is 1.25. The molecule has 0 bridgehead atoms. The van der Waals surface area contributed by atoms with Gasteiger partial charge in [0, 0.05) is 25.7 Å². The van der Waals surface area contributed by atoms with Gasteiger partial charge in [-0.1, -0.05) is 30.3 Å². The molecule has 1 aromatic rings. The van der Waals surface area contributed by atoms with Crippen LogP contribution in [0.25, 0.3) is 0 Å². The number of benzene rings is 1. The fourth-order valence-corrected chi connectivity index (χ4v) is 3.10. The molecular weight excluding hydrogens is 252 g/mol. The highest BCUT2D eigenvalue weighted by molar-refractivity contribution is 5.85. The van der Waals surface area contributed by atoms with Gasteiger partial charge in [-0.2, -0.15) is 0 Å². The summed E-state index contributed by atoms with van der Waals surface area (Å²) < 4.78 is 0. The first kappa shape index (κ1) is 13.6. The summed E-state index contributed by atoms with van der Waals surface area (Å²) >= 11 is 0. The van der Waals surface area contributed by atoms with Crippen LogP contribution < -0.4 is 5.32 Å². The lowest BCUT2D eigenvalue weighted by Crippen LogP contribution is -2.58. The maximum absolute atomic E-state index is 12.2. The Morgan fingerprint density at radius 1 is 1.25 bits per heavy atom. The van der Waals surface area contributed by atoms with Crippen molar-refractivity contribution in [2.75, 3.05) is 20.1 Å². The van der Waals surface area contributed by atoms with Gasteiger partial charge < -0.3 is 15.3 Å². The van der Waals surface area contributed by atoms with E-state index in [2.05, 4.69) is 17.4 Å². The Morgan fingerprint density at radius 2 is 1.95 bits per heavy atom. The Balaban J connectivity index is 1.69. The number of carbonyl (C=O) groups is 1. The SMILES string of the molecule is CN1CCC[C@](O)(CNC2(c3ccccc3)CC2)C1=O. The summed E-state index contributed by atoms with van der Waals surface area (Å²) in [6.45, 7) is 1.08. The number of likely N-dealkylation sites (tertiary alicyclic amines) is 1. The number of piperidine rings is 1. The first-order valence-corrected chi connectivity index (χ1v) is 7.34. The molecule has 1 aliphatic carbocycles. The second kappa shape index (κ2) is 4.86.